The minimum atomic E-state index is -2.91. The average Bonchev–Trinajstić information content (AvgIpc) is 2.63. The van der Waals surface area contributed by atoms with Gasteiger partial charge in [0, 0.05) is 5.56 Å². The number of carbonyl (C=O) groups is 1. The summed E-state index contributed by atoms with van der Waals surface area (Å²) in [5.74, 6) is -0.713. The molecule has 0 aromatic carbocycles. The lowest BCUT2D eigenvalue weighted by Gasteiger charge is -2.08. The highest BCUT2D eigenvalue weighted by Gasteiger charge is 2.26. The van der Waals surface area contributed by atoms with Crippen LogP contribution in [0.25, 0.3) is 0 Å². The molecule has 0 amide bonds. The van der Waals surface area contributed by atoms with Crippen molar-refractivity contribution in [1.29, 1.82) is 0 Å². The number of alkyl halides is 2. The fourth-order valence-corrected chi connectivity index (χ4v) is 1.80. The van der Waals surface area contributed by atoms with Crippen LogP contribution >= 0.6 is 11.3 Å². The zero-order valence-electron chi connectivity index (χ0n) is 7.24. The van der Waals surface area contributed by atoms with Crippen LogP contribution in [-0.4, -0.2) is 24.6 Å². The lowest BCUT2D eigenvalue weighted by molar-refractivity contribution is -0.00624. The molecule has 0 aliphatic rings. The van der Waals surface area contributed by atoms with Crippen LogP contribution in [0.4, 0.5) is 8.78 Å². The predicted octanol–water partition coefficient (Wildman–Crippen LogP) is 1.83. The van der Waals surface area contributed by atoms with Crippen LogP contribution in [0.15, 0.2) is 11.4 Å². The fourth-order valence-electron chi connectivity index (χ4n) is 0.946. The summed E-state index contributed by atoms with van der Waals surface area (Å²) in [6.07, 6.45) is -4.84. The molecule has 14 heavy (non-hydrogen) atoms. The number of carbonyl (C=O) groups excluding carboxylic acids is 1. The van der Waals surface area contributed by atoms with E-state index in [-0.39, 0.29) is 10.4 Å². The van der Waals surface area contributed by atoms with Gasteiger partial charge >= 0.3 is 5.97 Å². The fraction of sp³-hybridized carbons (Fsp3) is 0.375. The Labute approximate surface area is 82.9 Å². The van der Waals surface area contributed by atoms with Gasteiger partial charge in [-0.25, -0.2) is 13.6 Å². The topological polar surface area (TPSA) is 46.5 Å². The maximum atomic E-state index is 12.1. The summed E-state index contributed by atoms with van der Waals surface area (Å²) in [6, 6.07) is 1.29. The van der Waals surface area contributed by atoms with Crippen molar-refractivity contribution in [3.63, 3.8) is 0 Å². The molecule has 0 saturated heterocycles. The number of thiophene rings is 1. The molecule has 78 valence electrons. The van der Waals surface area contributed by atoms with Crippen LogP contribution in [0.1, 0.15) is 21.3 Å². The van der Waals surface area contributed by atoms with E-state index in [0.29, 0.717) is 0 Å². The Bertz CT molecular complexity index is 324. The highest BCUT2D eigenvalue weighted by atomic mass is 32.1. The smallest absolute Gasteiger partial charge is 0.348 e. The minimum Gasteiger partial charge on any atom is -0.465 e. The van der Waals surface area contributed by atoms with E-state index in [4.69, 9.17) is 5.11 Å². The second kappa shape index (κ2) is 4.47. The molecule has 1 aromatic rings. The third-order valence-electron chi connectivity index (χ3n) is 1.62. The van der Waals surface area contributed by atoms with Crippen LogP contribution in [-0.2, 0) is 4.74 Å². The van der Waals surface area contributed by atoms with Gasteiger partial charge in [-0.05, 0) is 11.4 Å². The maximum absolute atomic E-state index is 12.1. The Hall–Kier alpha value is -1.01. The van der Waals surface area contributed by atoms with Crippen LogP contribution in [0.2, 0.25) is 0 Å². The summed E-state index contributed by atoms with van der Waals surface area (Å²) in [4.78, 5) is 11.1. The molecule has 0 saturated carbocycles. The number of aliphatic hydroxyl groups excluding tert-OH is 1. The Kier molecular flexibility index (Phi) is 3.54. The van der Waals surface area contributed by atoms with Gasteiger partial charge in [-0.1, -0.05) is 0 Å². The molecule has 0 fully saturated rings. The SMILES string of the molecule is COC(=O)c1sccc1C(O)C(F)F. The summed E-state index contributed by atoms with van der Waals surface area (Å²) in [7, 11) is 1.15. The predicted molar refractivity (Wildman–Crippen MR) is 46.6 cm³/mol. The molecule has 0 radical (unpaired) electrons. The van der Waals surface area contributed by atoms with E-state index in [2.05, 4.69) is 4.74 Å². The molecular formula is C8H8F2O3S. The molecule has 0 aliphatic heterocycles. The maximum Gasteiger partial charge on any atom is 0.348 e. The molecule has 1 aromatic heterocycles. The van der Waals surface area contributed by atoms with Gasteiger partial charge in [0.25, 0.3) is 6.43 Å². The second-order valence-corrected chi connectivity index (χ2v) is 3.39. The van der Waals surface area contributed by atoms with Crippen molar-refractivity contribution < 1.29 is 23.4 Å². The first-order valence-corrected chi connectivity index (χ1v) is 4.57. The van der Waals surface area contributed by atoms with Gasteiger partial charge in [0.15, 0.2) is 0 Å². The van der Waals surface area contributed by atoms with Crippen molar-refractivity contribution >= 4 is 17.3 Å². The largest absolute Gasteiger partial charge is 0.465 e. The van der Waals surface area contributed by atoms with E-state index in [9.17, 15) is 13.6 Å². The lowest BCUT2D eigenvalue weighted by Crippen LogP contribution is -2.11. The number of methoxy groups -OCH3 is 1. The summed E-state index contributed by atoms with van der Waals surface area (Å²) in [5.41, 5.74) is -0.0862. The molecular weight excluding hydrogens is 214 g/mol. The van der Waals surface area contributed by atoms with Crippen molar-refractivity contribution in [3.05, 3.63) is 21.9 Å². The normalized spacial score (nSPS) is 12.9. The van der Waals surface area contributed by atoms with Crippen LogP contribution in [0.5, 0.6) is 0 Å². The number of rotatable bonds is 3. The molecule has 1 unspecified atom stereocenters. The summed E-state index contributed by atoms with van der Waals surface area (Å²) < 4.78 is 28.7. The molecule has 1 heterocycles. The summed E-state index contributed by atoms with van der Waals surface area (Å²) in [6.45, 7) is 0. The van der Waals surface area contributed by atoms with Gasteiger partial charge in [-0.15, -0.1) is 11.3 Å². The highest BCUT2D eigenvalue weighted by Crippen LogP contribution is 2.28. The van der Waals surface area contributed by atoms with Crippen LogP contribution < -0.4 is 0 Å². The van der Waals surface area contributed by atoms with Crippen molar-refractivity contribution in [2.45, 2.75) is 12.5 Å². The van der Waals surface area contributed by atoms with Crippen molar-refractivity contribution in [3.8, 4) is 0 Å². The molecule has 6 heteroatoms. The molecule has 1 atom stereocenters. The van der Waals surface area contributed by atoms with Gasteiger partial charge in [-0.2, -0.15) is 0 Å². The van der Waals surface area contributed by atoms with Gasteiger partial charge < -0.3 is 9.84 Å². The third kappa shape index (κ3) is 2.08. The van der Waals surface area contributed by atoms with Crippen LogP contribution in [0.3, 0.4) is 0 Å². The van der Waals surface area contributed by atoms with E-state index in [1.807, 2.05) is 0 Å². The highest BCUT2D eigenvalue weighted by molar-refractivity contribution is 7.12. The van der Waals surface area contributed by atoms with Gasteiger partial charge in [-0.3, -0.25) is 0 Å². The standard InChI is InChI=1S/C8H8F2O3S/c1-13-8(12)6-4(2-3-14-6)5(11)7(9)10/h2-3,5,7,11H,1H3. The van der Waals surface area contributed by atoms with Crippen molar-refractivity contribution in [1.82, 2.24) is 0 Å². The molecule has 1 rings (SSSR count). The first-order chi connectivity index (χ1) is 6.57. The number of hydrogen-bond donors (Lipinski definition) is 1. The molecule has 0 aliphatic carbocycles. The average molecular weight is 222 g/mol. The monoisotopic (exact) mass is 222 g/mol. The molecule has 1 N–H and O–H groups in total. The Morgan fingerprint density at radius 3 is 2.79 bits per heavy atom. The first-order valence-electron chi connectivity index (χ1n) is 3.69. The number of halogens is 2. The second-order valence-electron chi connectivity index (χ2n) is 2.48. The van der Waals surface area contributed by atoms with Crippen molar-refractivity contribution in [2.75, 3.05) is 7.11 Å². The van der Waals surface area contributed by atoms with Gasteiger partial charge in [0.1, 0.15) is 11.0 Å². The first kappa shape index (κ1) is 11.1. The minimum absolute atomic E-state index is 0.0142. The number of esters is 1. The molecule has 0 spiro atoms. The zero-order valence-corrected chi connectivity index (χ0v) is 8.05. The Balaban J connectivity index is 2.98. The van der Waals surface area contributed by atoms with E-state index in [1.54, 1.807) is 0 Å². The van der Waals surface area contributed by atoms with Crippen LogP contribution in [0, 0.1) is 0 Å². The Morgan fingerprint density at radius 1 is 1.64 bits per heavy atom. The van der Waals surface area contributed by atoms with E-state index in [1.165, 1.54) is 11.4 Å². The zero-order chi connectivity index (χ0) is 10.7. The molecule has 0 bridgehead atoms. The van der Waals surface area contributed by atoms with E-state index < -0.39 is 18.5 Å². The number of aliphatic hydroxyl groups is 1. The summed E-state index contributed by atoms with van der Waals surface area (Å²) >= 11 is 0.960. The number of hydrogen-bond acceptors (Lipinski definition) is 4. The third-order valence-corrected chi connectivity index (χ3v) is 2.53. The van der Waals surface area contributed by atoms with E-state index >= 15 is 0 Å². The lowest BCUT2D eigenvalue weighted by atomic mass is 10.1. The quantitative estimate of drug-likeness (QED) is 0.793. The number of ether oxygens (including phenoxy) is 1. The Morgan fingerprint density at radius 2 is 2.29 bits per heavy atom. The van der Waals surface area contributed by atoms with Gasteiger partial charge in [0.2, 0.25) is 0 Å². The molecule has 3 nitrogen and oxygen atoms in total. The summed E-state index contributed by atoms with van der Waals surface area (Å²) in [5, 5.41) is 10.5. The van der Waals surface area contributed by atoms with Gasteiger partial charge in [0.05, 0.1) is 7.11 Å². The van der Waals surface area contributed by atoms with Crippen molar-refractivity contribution in [2.24, 2.45) is 0 Å². The van der Waals surface area contributed by atoms with E-state index in [0.717, 1.165) is 18.4 Å².